The summed E-state index contributed by atoms with van der Waals surface area (Å²) in [5.74, 6) is 2.33. The van der Waals surface area contributed by atoms with Crippen LogP contribution in [-0.4, -0.2) is 24.9 Å². The molecule has 0 saturated heterocycles. The first-order valence-corrected chi connectivity index (χ1v) is 17.1. The molecule has 2 heterocycles. The Kier molecular flexibility index (Phi) is 7.80. The number of hydrogen-bond acceptors (Lipinski definition) is 5. The molecular formula is C45H28ClN5. The molecule has 9 rings (SSSR count). The van der Waals surface area contributed by atoms with Crippen molar-refractivity contribution >= 4 is 33.3 Å². The second-order valence-corrected chi connectivity index (χ2v) is 12.7. The molecule has 51 heavy (non-hydrogen) atoms. The predicted octanol–water partition coefficient (Wildman–Crippen LogP) is 11.6. The lowest BCUT2D eigenvalue weighted by molar-refractivity contribution is 1.07. The molecule has 5 nitrogen and oxygen atoms in total. The van der Waals surface area contributed by atoms with E-state index >= 15 is 0 Å². The molecule has 0 fully saturated rings. The molecule has 2 aromatic heterocycles. The van der Waals surface area contributed by atoms with Gasteiger partial charge in [0.1, 0.15) is 0 Å². The van der Waals surface area contributed by atoms with Crippen molar-refractivity contribution in [3.05, 3.63) is 175 Å². The average molecular weight is 674 g/mol. The SMILES string of the molecule is Clc1cccc(-c2cccc(-c3nc(-c4ccc5ccccc5c4)nc4ccccc34)c2)c1-c1nc(-c2ccccc2)nc(-c2ccccc2)n1. The Hall–Kier alpha value is -6.56. The minimum Gasteiger partial charge on any atom is -0.228 e. The number of fused-ring (bicyclic) bond motifs is 2. The Bertz CT molecular complexity index is 2650. The highest BCUT2D eigenvalue weighted by molar-refractivity contribution is 6.34. The smallest absolute Gasteiger partial charge is 0.166 e. The van der Waals surface area contributed by atoms with Crippen LogP contribution in [0.15, 0.2) is 170 Å². The normalized spacial score (nSPS) is 11.2. The summed E-state index contributed by atoms with van der Waals surface area (Å²) in [6, 6.07) is 57.1. The van der Waals surface area contributed by atoms with Crippen LogP contribution in [-0.2, 0) is 0 Å². The summed E-state index contributed by atoms with van der Waals surface area (Å²) in [4.78, 5) is 25.1. The first-order chi connectivity index (χ1) is 25.2. The van der Waals surface area contributed by atoms with E-state index in [1.807, 2.05) is 91.0 Å². The Labute approximate surface area is 300 Å². The Morgan fingerprint density at radius 2 is 0.941 bits per heavy atom. The monoisotopic (exact) mass is 673 g/mol. The lowest BCUT2D eigenvalue weighted by Crippen LogP contribution is -2.01. The van der Waals surface area contributed by atoms with E-state index in [1.165, 1.54) is 5.39 Å². The van der Waals surface area contributed by atoms with Gasteiger partial charge in [-0.3, -0.25) is 0 Å². The van der Waals surface area contributed by atoms with Crippen LogP contribution in [0.3, 0.4) is 0 Å². The van der Waals surface area contributed by atoms with Gasteiger partial charge in [-0.05, 0) is 46.2 Å². The van der Waals surface area contributed by atoms with Gasteiger partial charge in [0.15, 0.2) is 23.3 Å². The molecule has 0 bridgehead atoms. The van der Waals surface area contributed by atoms with Crippen molar-refractivity contribution < 1.29 is 0 Å². The van der Waals surface area contributed by atoms with Gasteiger partial charge in [-0.2, -0.15) is 0 Å². The molecule has 7 aromatic carbocycles. The van der Waals surface area contributed by atoms with Crippen LogP contribution in [0.4, 0.5) is 0 Å². The maximum Gasteiger partial charge on any atom is 0.166 e. The van der Waals surface area contributed by atoms with E-state index < -0.39 is 0 Å². The highest BCUT2D eigenvalue weighted by Crippen LogP contribution is 2.39. The summed E-state index contributed by atoms with van der Waals surface area (Å²) in [7, 11) is 0. The van der Waals surface area contributed by atoms with E-state index in [9.17, 15) is 0 Å². The van der Waals surface area contributed by atoms with Crippen LogP contribution < -0.4 is 0 Å². The topological polar surface area (TPSA) is 64.5 Å². The minimum absolute atomic E-state index is 0.500. The van der Waals surface area contributed by atoms with Crippen molar-refractivity contribution in [3.8, 4) is 67.9 Å². The molecule has 0 aliphatic carbocycles. The van der Waals surface area contributed by atoms with E-state index in [4.69, 9.17) is 36.5 Å². The minimum atomic E-state index is 0.500. The van der Waals surface area contributed by atoms with E-state index in [1.54, 1.807) is 0 Å². The van der Waals surface area contributed by atoms with Gasteiger partial charge in [0.05, 0.1) is 16.2 Å². The molecule has 0 atom stereocenters. The molecule has 0 spiro atoms. The number of benzene rings is 7. The maximum absolute atomic E-state index is 7.05. The number of para-hydroxylation sites is 1. The van der Waals surface area contributed by atoms with Crippen molar-refractivity contribution in [1.29, 1.82) is 0 Å². The number of nitrogens with zero attached hydrogens (tertiary/aromatic N) is 5. The highest BCUT2D eigenvalue weighted by atomic mass is 35.5. The lowest BCUT2D eigenvalue weighted by Gasteiger charge is -2.15. The Morgan fingerprint density at radius 1 is 0.353 bits per heavy atom. The van der Waals surface area contributed by atoms with E-state index in [0.29, 0.717) is 28.3 Å². The molecule has 240 valence electrons. The van der Waals surface area contributed by atoms with Crippen molar-refractivity contribution in [1.82, 2.24) is 24.9 Å². The van der Waals surface area contributed by atoms with E-state index in [2.05, 4.69) is 78.9 Å². The standard InChI is InChI=1S/C45H28ClN5/c46-38-23-12-22-36(40(38)45-50-42(30-14-3-1-4-15-30)49-43(51-45)31-16-5-2-6-17-31)33-19-11-20-34(28-33)41-37-21-9-10-24-39(37)47-44(48-41)35-26-25-29-13-7-8-18-32(29)27-35/h1-28H. The summed E-state index contributed by atoms with van der Waals surface area (Å²) >= 11 is 7.05. The van der Waals surface area contributed by atoms with Gasteiger partial charge in [0.25, 0.3) is 0 Å². The molecule has 0 N–H and O–H groups in total. The summed E-state index contributed by atoms with van der Waals surface area (Å²) in [6.45, 7) is 0. The van der Waals surface area contributed by atoms with Crippen LogP contribution >= 0.6 is 11.6 Å². The molecule has 6 heteroatoms. The molecular weight excluding hydrogens is 646 g/mol. The highest BCUT2D eigenvalue weighted by Gasteiger charge is 2.19. The molecule has 0 unspecified atom stereocenters. The molecule has 0 aliphatic heterocycles. The quantitative estimate of drug-likeness (QED) is 0.176. The summed E-state index contributed by atoms with van der Waals surface area (Å²) in [5, 5.41) is 3.85. The largest absolute Gasteiger partial charge is 0.228 e. The fourth-order valence-corrected chi connectivity index (χ4v) is 6.76. The van der Waals surface area contributed by atoms with Gasteiger partial charge in [-0.15, -0.1) is 0 Å². The molecule has 0 saturated carbocycles. The number of halogens is 1. The first-order valence-electron chi connectivity index (χ1n) is 16.7. The maximum atomic E-state index is 7.05. The van der Waals surface area contributed by atoms with Gasteiger partial charge in [0, 0.05) is 33.2 Å². The third kappa shape index (κ3) is 5.90. The first kappa shape index (κ1) is 30.5. The molecule has 0 aliphatic rings. The van der Waals surface area contributed by atoms with Gasteiger partial charge >= 0.3 is 0 Å². The average Bonchev–Trinajstić information content (AvgIpc) is 3.20. The molecule has 0 amide bonds. The van der Waals surface area contributed by atoms with Crippen LogP contribution in [0.2, 0.25) is 5.02 Å². The number of rotatable bonds is 6. The summed E-state index contributed by atoms with van der Waals surface area (Å²) in [5.41, 5.74) is 8.05. The molecule has 0 radical (unpaired) electrons. The van der Waals surface area contributed by atoms with Gasteiger partial charge in [-0.1, -0.05) is 157 Å². The van der Waals surface area contributed by atoms with Crippen LogP contribution in [0.5, 0.6) is 0 Å². The van der Waals surface area contributed by atoms with Gasteiger partial charge in [-0.25, -0.2) is 24.9 Å². The number of hydrogen-bond donors (Lipinski definition) is 0. The van der Waals surface area contributed by atoms with Crippen molar-refractivity contribution in [2.75, 3.05) is 0 Å². The van der Waals surface area contributed by atoms with Crippen LogP contribution in [0.1, 0.15) is 0 Å². The van der Waals surface area contributed by atoms with Gasteiger partial charge < -0.3 is 0 Å². The lowest BCUT2D eigenvalue weighted by atomic mass is 9.95. The Balaban J connectivity index is 1.21. The van der Waals surface area contributed by atoms with Gasteiger partial charge in [0.2, 0.25) is 0 Å². The number of aromatic nitrogens is 5. The van der Waals surface area contributed by atoms with Crippen LogP contribution in [0, 0.1) is 0 Å². The zero-order valence-corrected chi connectivity index (χ0v) is 28.0. The fraction of sp³-hybridized carbons (Fsp3) is 0. The van der Waals surface area contributed by atoms with E-state index in [0.717, 1.165) is 60.9 Å². The predicted molar refractivity (Wildman–Crippen MR) is 208 cm³/mol. The van der Waals surface area contributed by atoms with Crippen LogP contribution in [0.25, 0.3) is 89.6 Å². The third-order valence-electron chi connectivity index (χ3n) is 8.99. The zero-order valence-electron chi connectivity index (χ0n) is 27.3. The van der Waals surface area contributed by atoms with Crippen molar-refractivity contribution in [3.63, 3.8) is 0 Å². The zero-order chi connectivity index (χ0) is 34.1. The second kappa shape index (κ2) is 13.0. The van der Waals surface area contributed by atoms with Crippen molar-refractivity contribution in [2.45, 2.75) is 0 Å². The second-order valence-electron chi connectivity index (χ2n) is 12.3. The fourth-order valence-electron chi connectivity index (χ4n) is 6.50. The van der Waals surface area contributed by atoms with E-state index in [-0.39, 0.29) is 0 Å². The van der Waals surface area contributed by atoms with Crippen molar-refractivity contribution in [2.24, 2.45) is 0 Å². The summed E-state index contributed by atoms with van der Waals surface area (Å²) in [6.07, 6.45) is 0. The molecule has 9 aromatic rings. The summed E-state index contributed by atoms with van der Waals surface area (Å²) < 4.78 is 0. The Morgan fingerprint density at radius 3 is 1.71 bits per heavy atom. The third-order valence-corrected chi connectivity index (χ3v) is 9.31.